The molecule has 18 heavy (non-hydrogen) atoms. The molecular formula is C13H18BrNO3. The normalized spacial score (nSPS) is 10.0. The zero-order chi connectivity index (χ0) is 14.0. The molecule has 0 bridgehead atoms. The van der Waals surface area contributed by atoms with Crippen molar-refractivity contribution in [3.05, 3.63) is 30.1 Å². The lowest BCUT2D eigenvalue weighted by Crippen LogP contribution is -2.17. The Kier molecular flexibility index (Phi) is 8.20. The molecule has 0 saturated heterocycles. The van der Waals surface area contributed by atoms with E-state index in [1.165, 1.54) is 0 Å². The third-order valence-corrected chi connectivity index (χ3v) is 2.33. The van der Waals surface area contributed by atoms with Gasteiger partial charge in [0.15, 0.2) is 0 Å². The van der Waals surface area contributed by atoms with Crippen molar-refractivity contribution >= 4 is 28.2 Å². The average molecular weight is 316 g/mol. The van der Waals surface area contributed by atoms with Gasteiger partial charge in [-0.15, -0.1) is 0 Å². The number of carbonyl (C=O) groups is 2. The van der Waals surface area contributed by atoms with Crippen LogP contribution in [0, 0.1) is 0 Å². The van der Waals surface area contributed by atoms with Crippen LogP contribution >= 0.6 is 15.9 Å². The van der Waals surface area contributed by atoms with Gasteiger partial charge in [0.25, 0.3) is 6.47 Å². The second-order valence-electron chi connectivity index (χ2n) is 4.53. The maximum absolute atomic E-state index is 10.9. The van der Waals surface area contributed by atoms with Gasteiger partial charge < -0.3 is 4.74 Å². The summed E-state index contributed by atoms with van der Waals surface area (Å²) in [4.78, 5) is 24.4. The van der Waals surface area contributed by atoms with Crippen molar-refractivity contribution in [2.45, 2.75) is 32.8 Å². The van der Waals surface area contributed by atoms with Crippen molar-refractivity contribution in [3.8, 4) is 0 Å². The molecule has 4 nitrogen and oxygen atoms in total. The van der Waals surface area contributed by atoms with Crippen LogP contribution in [-0.4, -0.2) is 28.2 Å². The summed E-state index contributed by atoms with van der Waals surface area (Å²) in [5.74, 6) is 0.191. The Hall–Kier alpha value is -1.23. The molecule has 0 aromatic carbocycles. The summed E-state index contributed by atoms with van der Waals surface area (Å²) in [7, 11) is 0. The number of hydrogen-bond donors (Lipinski definition) is 0. The average Bonchev–Trinajstić information content (AvgIpc) is 2.29. The van der Waals surface area contributed by atoms with E-state index in [9.17, 15) is 9.59 Å². The highest BCUT2D eigenvalue weighted by molar-refractivity contribution is 9.09. The highest BCUT2D eigenvalue weighted by atomic mass is 79.9. The minimum absolute atomic E-state index is 0.191. The van der Waals surface area contributed by atoms with Crippen LogP contribution < -0.4 is 0 Å². The maximum Gasteiger partial charge on any atom is 0.293 e. The van der Waals surface area contributed by atoms with E-state index in [0.29, 0.717) is 18.2 Å². The summed E-state index contributed by atoms with van der Waals surface area (Å²) in [6, 6.07) is 3.70. The Morgan fingerprint density at radius 1 is 1.39 bits per heavy atom. The smallest absolute Gasteiger partial charge is 0.293 e. The van der Waals surface area contributed by atoms with Crippen LogP contribution in [0.5, 0.6) is 0 Å². The van der Waals surface area contributed by atoms with Crippen molar-refractivity contribution in [3.63, 3.8) is 0 Å². The van der Waals surface area contributed by atoms with Gasteiger partial charge in [-0.1, -0.05) is 15.9 Å². The molecule has 0 amide bonds. The number of ether oxygens (including phenoxy) is 1. The highest BCUT2D eigenvalue weighted by Gasteiger charge is 2.07. The molecule has 1 aromatic rings. The summed E-state index contributed by atoms with van der Waals surface area (Å²) in [5, 5.41) is 0.426. The van der Waals surface area contributed by atoms with E-state index in [4.69, 9.17) is 0 Å². The topological polar surface area (TPSA) is 56.3 Å². The molecule has 0 aliphatic rings. The van der Waals surface area contributed by atoms with Crippen LogP contribution in [0.4, 0.5) is 0 Å². The lowest BCUT2D eigenvalue weighted by Gasteiger charge is -2.14. The lowest BCUT2D eigenvalue weighted by molar-refractivity contribution is -0.138. The fraction of sp³-hybridized carbons (Fsp3) is 0.462. The number of Topliss-reactive ketones (excluding diaryl/α,β-unsaturated/α-hetero) is 1. The summed E-state index contributed by atoms with van der Waals surface area (Å²) < 4.78 is 4.55. The highest BCUT2D eigenvalue weighted by Crippen LogP contribution is 2.02. The lowest BCUT2D eigenvalue weighted by atomic mass is 10.1. The molecule has 0 fully saturated rings. The number of nitrogens with zero attached hydrogens (tertiary/aromatic N) is 1. The van der Waals surface area contributed by atoms with Gasteiger partial charge in [0.2, 0.25) is 0 Å². The number of pyridine rings is 1. The van der Waals surface area contributed by atoms with E-state index in [1.54, 1.807) is 12.4 Å². The zero-order valence-corrected chi connectivity index (χ0v) is 12.4. The summed E-state index contributed by atoms with van der Waals surface area (Å²) in [6.07, 6.45) is 3.88. The summed E-state index contributed by atoms with van der Waals surface area (Å²) >= 11 is 3.11. The SMILES string of the molecule is CC(C)(C)OC=O.O=C(CBr)Cc1ccncc1. The first-order chi connectivity index (χ1) is 8.39. The number of rotatable bonds is 4. The summed E-state index contributed by atoms with van der Waals surface area (Å²) in [6.45, 7) is 5.92. The van der Waals surface area contributed by atoms with Crippen molar-refractivity contribution in [1.82, 2.24) is 4.98 Å². The third-order valence-electron chi connectivity index (χ3n) is 1.70. The van der Waals surface area contributed by atoms with Gasteiger partial charge in [0, 0.05) is 18.8 Å². The minimum atomic E-state index is -0.318. The van der Waals surface area contributed by atoms with Gasteiger partial charge in [-0.2, -0.15) is 0 Å². The molecule has 1 rings (SSSR count). The van der Waals surface area contributed by atoms with E-state index in [0.717, 1.165) is 5.56 Å². The van der Waals surface area contributed by atoms with Crippen LogP contribution in [-0.2, 0) is 20.7 Å². The standard InChI is InChI=1S/C8H8BrNO.C5H10O2/c9-6-8(11)5-7-1-3-10-4-2-7;1-5(2,3)7-4-6/h1-4H,5-6H2;4H,1-3H3. The van der Waals surface area contributed by atoms with Gasteiger partial charge in [-0.3, -0.25) is 14.6 Å². The van der Waals surface area contributed by atoms with E-state index < -0.39 is 0 Å². The van der Waals surface area contributed by atoms with Crippen molar-refractivity contribution in [1.29, 1.82) is 0 Å². The molecule has 100 valence electrons. The molecule has 1 aromatic heterocycles. The molecule has 0 N–H and O–H groups in total. The van der Waals surface area contributed by atoms with Gasteiger partial charge in [-0.25, -0.2) is 0 Å². The Labute approximate surface area is 116 Å². The van der Waals surface area contributed by atoms with Gasteiger partial charge in [0.05, 0.1) is 5.33 Å². The molecule has 0 spiro atoms. The molecule has 0 atom stereocenters. The van der Waals surface area contributed by atoms with Gasteiger partial charge >= 0.3 is 0 Å². The Morgan fingerprint density at radius 3 is 2.28 bits per heavy atom. The molecule has 0 radical (unpaired) electrons. The zero-order valence-electron chi connectivity index (χ0n) is 10.9. The molecular weight excluding hydrogens is 298 g/mol. The second-order valence-corrected chi connectivity index (χ2v) is 5.09. The third kappa shape index (κ3) is 9.96. The molecule has 0 saturated carbocycles. The first kappa shape index (κ1) is 16.8. The quantitative estimate of drug-likeness (QED) is 0.633. The largest absolute Gasteiger partial charge is 0.462 e. The maximum atomic E-state index is 10.9. The van der Waals surface area contributed by atoms with Crippen molar-refractivity contribution in [2.75, 3.05) is 5.33 Å². The second kappa shape index (κ2) is 8.80. The molecule has 0 aliphatic carbocycles. The van der Waals surface area contributed by atoms with Crippen LogP contribution in [0.25, 0.3) is 0 Å². The fourth-order valence-electron chi connectivity index (χ4n) is 0.920. The Morgan fingerprint density at radius 2 is 1.94 bits per heavy atom. The number of alkyl halides is 1. The summed E-state index contributed by atoms with van der Waals surface area (Å²) in [5.41, 5.74) is 0.700. The van der Waals surface area contributed by atoms with Crippen LogP contribution in [0.15, 0.2) is 24.5 Å². The number of carbonyl (C=O) groups excluding carboxylic acids is 2. The Bertz CT molecular complexity index is 360. The Balaban J connectivity index is 0.000000360. The van der Waals surface area contributed by atoms with Crippen LogP contribution in [0.2, 0.25) is 0 Å². The van der Waals surface area contributed by atoms with E-state index >= 15 is 0 Å². The number of hydrogen-bond acceptors (Lipinski definition) is 4. The first-order valence-electron chi connectivity index (χ1n) is 5.47. The van der Waals surface area contributed by atoms with Crippen LogP contribution in [0.3, 0.4) is 0 Å². The molecule has 1 heterocycles. The fourth-order valence-corrected chi connectivity index (χ4v) is 1.12. The van der Waals surface area contributed by atoms with Gasteiger partial charge in [0.1, 0.15) is 11.4 Å². The van der Waals surface area contributed by atoms with E-state index in [2.05, 4.69) is 25.7 Å². The van der Waals surface area contributed by atoms with Crippen LogP contribution in [0.1, 0.15) is 26.3 Å². The van der Waals surface area contributed by atoms with E-state index in [1.807, 2.05) is 32.9 Å². The number of ketones is 1. The first-order valence-corrected chi connectivity index (χ1v) is 6.59. The number of aromatic nitrogens is 1. The molecule has 0 aliphatic heterocycles. The van der Waals surface area contributed by atoms with Crippen molar-refractivity contribution in [2.24, 2.45) is 0 Å². The predicted octanol–water partition coefficient (Wildman–Crippen LogP) is 2.55. The molecule has 5 heteroatoms. The van der Waals surface area contributed by atoms with Crippen molar-refractivity contribution < 1.29 is 14.3 Å². The molecule has 0 unspecified atom stereocenters. The number of halogens is 1. The van der Waals surface area contributed by atoms with E-state index in [-0.39, 0.29) is 11.4 Å². The predicted molar refractivity (Wildman–Crippen MR) is 73.6 cm³/mol. The monoisotopic (exact) mass is 315 g/mol. The van der Waals surface area contributed by atoms with Gasteiger partial charge in [-0.05, 0) is 38.5 Å². The minimum Gasteiger partial charge on any atom is -0.462 e.